The first-order valence-corrected chi connectivity index (χ1v) is 10.2. The number of benzene rings is 3. The molecule has 1 aromatic heterocycles. The summed E-state index contributed by atoms with van der Waals surface area (Å²) >= 11 is 12.2. The van der Waals surface area contributed by atoms with Crippen molar-refractivity contribution < 1.29 is 4.52 Å². The van der Waals surface area contributed by atoms with Crippen molar-refractivity contribution in [3.63, 3.8) is 0 Å². The lowest BCUT2D eigenvalue weighted by Crippen LogP contribution is -2.29. The maximum Gasteiger partial charge on any atom is 0.329 e. The quantitative estimate of drug-likeness (QED) is 0.361. The van der Waals surface area contributed by atoms with Gasteiger partial charge in [0, 0.05) is 11.3 Å². The molecule has 1 atom stereocenters. The predicted molar refractivity (Wildman–Crippen MR) is 116 cm³/mol. The van der Waals surface area contributed by atoms with E-state index in [1.165, 1.54) is 11.1 Å². The second-order valence-electron chi connectivity index (χ2n) is 6.99. The molecule has 2 heterocycles. The van der Waals surface area contributed by atoms with E-state index in [4.69, 9.17) is 32.7 Å². The van der Waals surface area contributed by atoms with Crippen molar-refractivity contribution in [3.05, 3.63) is 94.0 Å². The number of anilines is 2. The van der Waals surface area contributed by atoms with Crippen LogP contribution in [0.2, 0.25) is 10.0 Å². The highest BCUT2D eigenvalue weighted by atomic mass is 35.5. The molecule has 1 unspecified atom stereocenters. The zero-order valence-electron chi connectivity index (χ0n) is 15.4. The topological polar surface area (TPSA) is 42.2 Å². The number of hydrogen-bond donors (Lipinski definition) is 0. The molecule has 0 aliphatic carbocycles. The molecule has 0 fully saturated rings. The molecule has 6 heteroatoms. The van der Waals surface area contributed by atoms with E-state index >= 15 is 0 Å². The van der Waals surface area contributed by atoms with E-state index in [0.29, 0.717) is 21.9 Å². The number of halogens is 2. The molecule has 0 bridgehead atoms. The monoisotopic (exact) mass is 421 g/mol. The summed E-state index contributed by atoms with van der Waals surface area (Å²) in [6.45, 7) is 0. The Hall–Kier alpha value is -2.82. The van der Waals surface area contributed by atoms with Crippen molar-refractivity contribution >= 4 is 34.9 Å². The summed E-state index contributed by atoms with van der Waals surface area (Å²) in [5.74, 6) is 0.480. The minimum Gasteiger partial charge on any atom is -0.314 e. The fraction of sp³-hybridized carbons (Fsp3) is 0.130. The molecule has 4 aromatic rings. The minimum atomic E-state index is 0.119. The Balaban J connectivity index is 1.60. The van der Waals surface area contributed by atoms with Gasteiger partial charge in [-0.25, -0.2) is 0 Å². The Morgan fingerprint density at radius 3 is 2.52 bits per heavy atom. The van der Waals surface area contributed by atoms with Gasteiger partial charge in [-0.05, 0) is 48.2 Å². The number of aromatic nitrogens is 2. The van der Waals surface area contributed by atoms with E-state index in [1.807, 2.05) is 18.2 Å². The maximum atomic E-state index is 6.16. The van der Waals surface area contributed by atoms with Crippen LogP contribution < -0.4 is 4.90 Å². The summed E-state index contributed by atoms with van der Waals surface area (Å²) in [4.78, 5) is 6.84. The smallest absolute Gasteiger partial charge is 0.314 e. The Morgan fingerprint density at radius 2 is 1.69 bits per heavy atom. The third kappa shape index (κ3) is 3.39. The van der Waals surface area contributed by atoms with E-state index in [-0.39, 0.29) is 6.04 Å². The van der Waals surface area contributed by atoms with Gasteiger partial charge < -0.3 is 4.52 Å². The molecule has 5 rings (SSSR count). The van der Waals surface area contributed by atoms with Crippen LogP contribution in [0, 0.1) is 0 Å². The molecule has 0 amide bonds. The van der Waals surface area contributed by atoms with Crippen LogP contribution in [0.3, 0.4) is 0 Å². The van der Waals surface area contributed by atoms with E-state index in [2.05, 4.69) is 52.5 Å². The molecule has 0 radical (unpaired) electrons. The van der Waals surface area contributed by atoms with Gasteiger partial charge in [0.15, 0.2) is 0 Å². The van der Waals surface area contributed by atoms with Crippen molar-refractivity contribution in [2.75, 3.05) is 4.90 Å². The van der Waals surface area contributed by atoms with Crippen LogP contribution in [-0.2, 0) is 6.42 Å². The molecule has 29 heavy (non-hydrogen) atoms. The Bertz CT molecular complexity index is 1160. The van der Waals surface area contributed by atoms with Gasteiger partial charge in [0.25, 0.3) is 0 Å². The van der Waals surface area contributed by atoms with Gasteiger partial charge in [-0.15, -0.1) is 0 Å². The van der Waals surface area contributed by atoms with Gasteiger partial charge >= 0.3 is 6.01 Å². The van der Waals surface area contributed by atoms with Crippen LogP contribution in [0.4, 0.5) is 11.7 Å². The molecule has 0 saturated heterocycles. The highest BCUT2D eigenvalue weighted by Crippen LogP contribution is 2.43. The van der Waals surface area contributed by atoms with Crippen LogP contribution in [0.1, 0.15) is 23.6 Å². The lowest BCUT2D eigenvalue weighted by molar-refractivity contribution is 0.407. The molecule has 1 aliphatic heterocycles. The largest absolute Gasteiger partial charge is 0.329 e. The lowest BCUT2D eigenvalue weighted by Gasteiger charge is -2.36. The Labute approximate surface area is 178 Å². The fourth-order valence-electron chi connectivity index (χ4n) is 3.84. The predicted octanol–water partition coefficient (Wildman–Crippen LogP) is 6.87. The van der Waals surface area contributed by atoms with E-state index in [1.54, 1.807) is 12.1 Å². The highest BCUT2D eigenvalue weighted by molar-refractivity contribution is 6.42. The van der Waals surface area contributed by atoms with Crippen molar-refractivity contribution in [3.8, 4) is 11.4 Å². The molecule has 0 saturated carbocycles. The zero-order chi connectivity index (χ0) is 19.8. The number of fused-ring (bicyclic) bond motifs is 1. The molecule has 1 aliphatic rings. The first-order valence-electron chi connectivity index (χ1n) is 9.42. The standard InChI is InChI=1S/C23H17Cl2N3O/c24-18-12-10-17(14-19(18)25)22-26-23(29-27-22)28-20-9-5-4-8-16(20)11-13-21(28)15-6-2-1-3-7-15/h1-10,12,14,21H,11,13H2. The van der Waals surface area contributed by atoms with Crippen LogP contribution in [-0.4, -0.2) is 10.1 Å². The second-order valence-corrected chi connectivity index (χ2v) is 7.81. The number of hydrogen-bond acceptors (Lipinski definition) is 4. The van der Waals surface area contributed by atoms with E-state index in [0.717, 1.165) is 24.1 Å². The molecule has 0 N–H and O–H groups in total. The van der Waals surface area contributed by atoms with Gasteiger partial charge in [-0.3, -0.25) is 4.90 Å². The van der Waals surface area contributed by atoms with Crippen molar-refractivity contribution in [2.45, 2.75) is 18.9 Å². The zero-order valence-corrected chi connectivity index (χ0v) is 16.9. The first kappa shape index (κ1) is 18.2. The molecule has 3 aromatic carbocycles. The highest BCUT2D eigenvalue weighted by Gasteiger charge is 2.32. The molecule has 4 nitrogen and oxygen atoms in total. The molecule has 144 valence electrons. The fourth-order valence-corrected chi connectivity index (χ4v) is 4.14. The van der Waals surface area contributed by atoms with Crippen LogP contribution in [0.15, 0.2) is 77.3 Å². The summed E-state index contributed by atoms with van der Waals surface area (Å²) < 4.78 is 5.73. The summed E-state index contributed by atoms with van der Waals surface area (Å²) in [6, 6.07) is 24.7. The molecule has 0 spiro atoms. The van der Waals surface area contributed by atoms with E-state index in [9.17, 15) is 0 Å². The van der Waals surface area contributed by atoms with Crippen molar-refractivity contribution in [2.24, 2.45) is 0 Å². The molecular weight excluding hydrogens is 405 g/mol. The van der Waals surface area contributed by atoms with Crippen LogP contribution >= 0.6 is 23.2 Å². The van der Waals surface area contributed by atoms with Crippen LogP contribution in [0.25, 0.3) is 11.4 Å². The SMILES string of the molecule is Clc1ccc(-c2noc(N3c4ccccc4CCC3c3ccccc3)n2)cc1Cl. The Morgan fingerprint density at radius 1 is 0.897 bits per heavy atom. The summed E-state index contributed by atoms with van der Waals surface area (Å²) in [5.41, 5.74) is 4.35. The number of aryl methyl sites for hydroxylation is 1. The number of rotatable bonds is 3. The summed E-state index contributed by atoms with van der Waals surface area (Å²) in [5, 5.41) is 5.16. The van der Waals surface area contributed by atoms with Crippen molar-refractivity contribution in [1.29, 1.82) is 0 Å². The normalized spacial score (nSPS) is 15.9. The van der Waals surface area contributed by atoms with Crippen LogP contribution in [0.5, 0.6) is 0 Å². The third-order valence-corrected chi connectivity index (χ3v) is 5.97. The summed E-state index contributed by atoms with van der Waals surface area (Å²) in [7, 11) is 0. The molecular formula is C23H17Cl2N3O. The van der Waals surface area contributed by atoms with Gasteiger partial charge in [-0.2, -0.15) is 4.98 Å². The number of para-hydroxylation sites is 1. The second kappa shape index (κ2) is 7.54. The average Bonchev–Trinajstić information content (AvgIpc) is 3.25. The van der Waals surface area contributed by atoms with Crippen molar-refractivity contribution in [1.82, 2.24) is 10.1 Å². The van der Waals surface area contributed by atoms with Gasteiger partial charge in [0.05, 0.1) is 16.1 Å². The Kier molecular flexibility index (Phi) is 4.74. The lowest BCUT2D eigenvalue weighted by atomic mass is 9.91. The third-order valence-electron chi connectivity index (χ3n) is 5.23. The van der Waals surface area contributed by atoms with Gasteiger partial charge in [0.2, 0.25) is 5.82 Å². The van der Waals surface area contributed by atoms with Gasteiger partial charge in [-0.1, -0.05) is 76.9 Å². The average molecular weight is 422 g/mol. The number of nitrogens with zero attached hydrogens (tertiary/aromatic N) is 3. The maximum absolute atomic E-state index is 6.16. The van der Waals surface area contributed by atoms with Gasteiger partial charge in [0.1, 0.15) is 0 Å². The van der Waals surface area contributed by atoms with E-state index < -0.39 is 0 Å². The minimum absolute atomic E-state index is 0.119. The summed E-state index contributed by atoms with van der Waals surface area (Å²) in [6.07, 6.45) is 1.96. The first-order chi connectivity index (χ1) is 14.2.